The molecule has 0 spiro atoms. The summed E-state index contributed by atoms with van der Waals surface area (Å²) in [5.74, 6) is -0.735. The number of methoxy groups -OCH3 is 1. The predicted octanol–water partition coefficient (Wildman–Crippen LogP) is 0.435. The standard InChI is InChI=1S/C13H20N4O3/c1-4-9-10(14)11(16-15-9)12(18)17-5-7(2)8(6-17)13(19)20-3/h7-8H,4-6,14H2,1-3H3,(H,15,16). The Balaban J connectivity index is 2.15. The topological polar surface area (TPSA) is 101 Å². The third kappa shape index (κ3) is 2.35. The van der Waals surface area contributed by atoms with E-state index < -0.39 is 0 Å². The summed E-state index contributed by atoms with van der Waals surface area (Å²) in [6.07, 6.45) is 0.688. The van der Waals surface area contributed by atoms with Gasteiger partial charge in [-0.1, -0.05) is 13.8 Å². The zero-order chi connectivity index (χ0) is 14.9. The number of aryl methyl sites for hydroxylation is 1. The summed E-state index contributed by atoms with van der Waals surface area (Å²) in [5.41, 5.74) is 7.29. The van der Waals surface area contributed by atoms with Crippen molar-refractivity contribution in [3.63, 3.8) is 0 Å². The SMILES string of the molecule is CCc1[nH]nc(C(=O)N2CC(C)C(C(=O)OC)C2)c1N. The first-order chi connectivity index (χ1) is 9.49. The summed E-state index contributed by atoms with van der Waals surface area (Å²) in [6, 6.07) is 0. The van der Waals surface area contributed by atoms with Crippen LogP contribution in [-0.4, -0.2) is 47.2 Å². The molecule has 2 heterocycles. The molecular weight excluding hydrogens is 260 g/mol. The lowest BCUT2D eigenvalue weighted by atomic mass is 9.99. The fraction of sp³-hybridized carbons (Fsp3) is 0.615. The minimum absolute atomic E-state index is 0.0669. The van der Waals surface area contributed by atoms with Crippen molar-refractivity contribution in [1.82, 2.24) is 15.1 Å². The number of esters is 1. The molecule has 1 amide bonds. The van der Waals surface area contributed by atoms with Crippen LogP contribution in [0.1, 0.15) is 30.0 Å². The molecule has 7 nitrogen and oxygen atoms in total. The number of ether oxygens (including phenoxy) is 1. The molecule has 7 heteroatoms. The maximum Gasteiger partial charge on any atom is 0.310 e. The molecule has 2 atom stereocenters. The van der Waals surface area contributed by atoms with Gasteiger partial charge in [-0.25, -0.2) is 0 Å². The van der Waals surface area contributed by atoms with E-state index in [2.05, 4.69) is 10.2 Å². The number of carbonyl (C=O) groups excluding carboxylic acids is 2. The summed E-state index contributed by atoms with van der Waals surface area (Å²) in [4.78, 5) is 25.7. The molecule has 0 bridgehead atoms. The monoisotopic (exact) mass is 280 g/mol. The van der Waals surface area contributed by atoms with Gasteiger partial charge < -0.3 is 15.4 Å². The average molecular weight is 280 g/mol. The van der Waals surface area contributed by atoms with Crippen LogP contribution in [0.25, 0.3) is 0 Å². The second-order valence-corrected chi connectivity index (χ2v) is 5.14. The maximum absolute atomic E-state index is 12.4. The Morgan fingerprint density at radius 3 is 2.75 bits per heavy atom. The van der Waals surface area contributed by atoms with Crippen molar-refractivity contribution in [2.75, 3.05) is 25.9 Å². The molecule has 2 rings (SSSR count). The van der Waals surface area contributed by atoms with Gasteiger partial charge in [-0.2, -0.15) is 5.10 Å². The van der Waals surface area contributed by atoms with Crippen molar-refractivity contribution in [3.8, 4) is 0 Å². The first-order valence-corrected chi connectivity index (χ1v) is 6.69. The molecule has 0 saturated carbocycles. The fourth-order valence-corrected chi connectivity index (χ4v) is 2.56. The van der Waals surface area contributed by atoms with Crippen LogP contribution < -0.4 is 5.73 Å². The molecule has 1 saturated heterocycles. The lowest BCUT2D eigenvalue weighted by Crippen LogP contribution is -2.31. The molecule has 110 valence electrons. The zero-order valence-electron chi connectivity index (χ0n) is 12.0. The Hall–Kier alpha value is -2.05. The number of aromatic nitrogens is 2. The number of likely N-dealkylation sites (tertiary alicyclic amines) is 1. The van der Waals surface area contributed by atoms with Crippen LogP contribution in [0.4, 0.5) is 5.69 Å². The number of anilines is 1. The number of H-pyrrole nitrogens is 1. The Bertz CT molecular complexity index is 526. The molecule has 2 unspecified atom stereocenters. The number of rotatable bonds is 3. The molecule has 0 aliphatic carbocycles. The molecule has 3 N–H and O–H groups in total. The van der Waals surface area contributed by atoms with E-state index in [0.717, 1.165) is 5.69 Å². The molecule has 1 aliphatic heterocycles. The van der Waals surface area contributed by atoms with Crippen molar-refractivity contribution in [2.45, 2.75) is 20.3 Å². The summed E-state index contributed by atoms with van der Waals surface area (Å²) in [7, 11) is 1.36. The van der Waals surface area contributed by atoms with Crippen molar-refractivity contribution >= 4 is 17.6 Å². The van der Waals surface area contributed by atoms with Crippen LogP contribution >= 0.6 is 0 Å². The van der Waals surface area contributed by atoms with Crippen LogP contribution in [-0.2, 0) is 16.0 Å². The number of nitrogens with two attached hydrogens (primary N) is 1. The highest BCUT2D eigenvalue weighted by molar-refractivity contribution is 5.98. The van der Waals surface area contributed by atoms with Gasteiger partial charge in [0.05, 0.1) is 24.4 Å². The van der Waals surface area contributed by atoms with E-state index >= 15 is 0 Å². The van der Waals surface area contributed by atoms with Gasteiger partial charge in [0, 0.05) is 13.1 Å². The number of nitrogens with zero attached hydrogens (tertiary/aromatic N) is 2. The van der Waals surface area contributed by atoms with Crippen molar-refractivity contribution in [2.24, 2.45) is 11.8 Å². The molecule has 0 radical (unpaired) electrons. The summed E-state index contributed by atoms with van der Waals surface area (Å²) < 4.78 is 4.76. The predicted molar refractivity (Wildman–Crippen MR) is 73.0 cm³/mol. The highest BCUT2D eigenvalue weighted by Crippen LogP contribution is 2.26. The summed E-state index contributed by atoms with van der Waals surface area (Å²) in [6.45, 7) is 4.72. The number of carbonyl (C=O) groups is 2. The van der Waals surface area contributed by atoms with Crippen LogP contribution in [0.2, 0.25) is 0 Å². The second kappa shape index (κ2) is 5.52. The largest absolute Gasteiger partial charge is 0.469 e. The molecule has 1 fully saturated rings. The fourth-order valence-electron chi connectivity index (χ4n) is 2.56. The number of hydrogen-bond acceptors (Lipinski definition) is 5. The van der Waals surface area contributed by atoms with Crippen LogP contribution in [0.15, 0.2) is 0 Å². The van der Waals surface area contributed by atoms with Crippen LogP contribution in [0, 0.1) is 11.8 Å². The molecule has 20 heavy (non-hydrogen) atoms. The van der Waals surface area contributed by atoms with Gasteiger partial charge in [0.15, 0.2) is 5.69 Å². The number of amides is 1. The molecule has 0 aromatic carbocycles. The highest BCUT2D eigenvalue weighted by atomic mass is 16.5. The number of nitrogen functional groups attached to an aromatic ring is 1. The smallest absolute Gasteiger partial charge is 0.310 e. The van der Waals surface area contributed by atoms with Crippen molar-refractivity contribution in [3.05, 3.63) is 11.4 Å². The first-order valence-electron chi connectivity index (χ1n) is 6.69. The molecule has 1 aromatic heterocycles. The second-order valence-electron chi connectivity index (χ2n) is 5.14. The molecule has 1 aliphatic rings. The first kappa shape index (κ1) is 14.4. The van der Waals surface area contributed by atoms with E-state index in [1.165, 1.54) is 7.11 Å². The minimum Gasteiger partial charge on any atom is -0.469 e. The van der Waals surface area contributed by atoms with Gasteiger partial charge in [-0.05, 0) is 12.3 Å². The quantitative estimate of drug-likeness (QED) is 0.782. The van der Waals surface area contributed by atoms with E-state index in [1.807, 2.05) is 13.8 Å². The van der Waals surface area contributed by atoms with Gasteiger partial charge >= 0.3 is 5.97 Å². The highest BCUT2D eigenvalue weighted by Gasteiger charge is 2.39. The van der Waals surface area contributed by atoms with Gasteiger partial charge in [0.1, 0.15) is 0 Å². The normalized spacial score (nSPS) is 22.1. The van der Waals surface area contributed by atoms with Gasteiger partial charge in [-0.3, -0.25) is 14.7 Å². The van der Waals surface area contributed by atoms with E-state index in [0.29, 0.717) is 25.2 Å². The van der Waals surface area contributed by atoms with Gasteiger partial charge in [0.25, 0.3) is 5.91 Å². The Morgan fingerprint density at radius 2 is 2.20 bits per heavy atom. The van der Waals surface area contributed by atoms with Crippen molar-refractivity contribution in [1.29, 1.82) is 0 Å². The van der Waals surface area contributed by atoms with Crippen LogP contribution in [0.5, 0.6) is 0 Å². The lowest BCUT2D eigenvalue weighted by molar-refractivity contribution is -0.146. The summed E-state index contributed by atoms with van der Waals surface area (Å²) >= 11 is 0. The molecular formula is C13H20N4O3. The summed E-state index contributed by atoms with van der Waals surface area (Å²) in [5, 5.41) is 6.76. The minimum atomic E-state index is -0.283. The lowest BCUT2D eigenvalue weighted by Gasteiger charge is -2.14. The van der Waals surface area contributed by atoms with Crippen LogP contribution in [0.3, 0.4) is 0 Å². The Labute approximate surface area is 117 Å². The Kier molecular flexibility index (Phi) is 3.96. The molecule has 1 aromatic rings. The number of nitrogens with one attached hydrogen (secondary N) is 1. The van der Waals surface area contributed by atoms with E-state index in [-0.39, 0.29) is 29.4 Å². The van der Waals surface area contributed by atoms with Gasteiger partial charge in [-0.15, -0.1) is 0 Å². The van der Waals surface area contributed by atoms with E-state index in [1.54, 1.807) is 4.90 Å². The zero-order valence-corrected chi connectivity index (χ0v) is 12.0. The van der Waals surface area contributed by atoms with Crippen molar-refractivity contribution < 1.29 is 14.3 Å². The maximum atomic E-state index is 12.4. The van der Waals surface area contributed by atoms with Gasteiger partial charge in [0.2, 0.25) is 0 Å². The third-order valence-corrected chi connectivity index (χ3v) is 3.84. The van der Waals surface area contributed by atoms with E-state index in [4.69, 9.17) is 10.5 Å². The average Bonchev–Trinajstić information content (AvgIpc) is 3.00. The van der Waals surface area contributed by atoms with E-state index in [9.17, 15) is 9.59 Å². The Morgan fingerprint density at radius 1 is 1.50 bits per heavy atom. The number of aromatic amines is 1. The third-order valence-electron chi connectivity index (χ3n) is 3.84. The number of hydrogen-bond donors (Lipinski definition) is 2.